The lowest BCUT2D eigenvalue weighted by Gasteiger charge is -2.10. The number of anilines is 1. The summed E-state index contributed by atoms with van der Waals surface area (Å²) in [6.07, 6.45) is -1.52. The van der Waals surface area contributed by atoms with Crippen molar-refractivity contribution in [2.75, 3.05) is 11.9 Å². The Kier molecular flexibility index (Phi) is 6.19. The number of nitrogens with one attached hydrogen (secondary N) is 1. The molecule has 0 aliphatic heterocycles. The molecule has 1 N–H and O–H groups in total. The topological polar surface area (TPSA) is 91.0 Å². The van der Waals surface area contributed by atoms with E-state index < -0.39 is 25.3 Å². The van der Waals surface area contributed by atoms with Crippen LogP contribution < -0.4 is 10.7 Å². The number of aryl methyl sites for hydroxylation is 1. The molecule has 2 heterocycles. The Hall–Kier alpha value is -3.63. The summed E-state index contributed by atoms with van der Waals surface area (Å²) in [4.78, 5) is 23.8. The van der Waals surface area contributed by atoms with Gasteiger partial charge in [0.1, 0.15) is 18.0 Å². The van der Waals surface area contributed by atoms with Crippen LogP contribution in [0.2, 0.25) is 0 Å². The number of halogens is 3. The van der Waals surface area contributed by atoms with Gasteiger partial charge in [-0.2, -0.15) is 23.4 Å². The minimum atomic E-state index is -4.40. The highest BCUT2D eigenvalue weighted by molar-refractivity contribution is 5.84. The smallest absolute Gasteiger partial charge is 0.411 e. The van der Waals surface area contributed by atoms with Gasteiger partial charge in [-0.25, -0.2) is 9.48 Å². The number of nitrogens with zero attached hydrogens (tertiary/aromatic N) is 4. The zero-order chi connectivity index (χ0) is 21.7. The van der Waals surface area contributed by atoms with Crippen LogP contribution in [0.1, 0.15) is 17.7 Å². The van der Waals surface area contributed by atoms with Crippen LogP contribution in [0.5, 0.6) is 0 Å². The van der Waals surface area contributed by atoms with Crippen LogP contribution in [0.3, 0.4) is 0 Å². The van der Waals surface area contributed by atoms with Gasteiger partial charge in [0, 0.05) is 31.4 Å². The predicted octanol–water partition coefficient (Wildman–Crippen LogP) is 3.06. The Morgan fingerprint density at radius 2 is 2.07 bits per heavy atom. The number of rotatable bonds is 6. The summed E-state index contributed by atoms with van der Waals surface area (Å²) < 4.78 is 44.0. The molecule has 2 aromatic heterocycles. The highest BCUT2D eigenvalue weighted by Crippen LogP contribution is 2.19. The van der Waals surface area contributed by atoms with Gasteiger partial charge in [0.05, 0.1) is 18.8 Å². The first kappa shape index (κ1) is 21.1. The minimum Gasteiger partial charge on any atom is -0.449 e. The zero-order valence-electron chi connectivity index (χ0n) is 15.9. The van der Waals surface area contributed by atoms with Crippen LogP contribution in [-0.4, -0.2) is 38.4 Å². The predicted molar refractivity (Wildman–Crippen MR) is 101 cm³/mol. The highest BCUT2D eigenvalue weighted by Gasteiger charge is 2.27. The van der Waals surface area contributed by atoms with Crippen LogP contribution >= 0.6 is 0 Å². The van der Waals surface area contributed by atoms with E-state index in [1.165, 1.54) is 16.9 Å². The molecule has 3 rings (SSSR count). The number of carbonyl (C=O) groups excluding carboxylic acids is 1. The van der Waals surface area contributed by atoms with Crippen LogP contribution in [0, 0.1) is 0 Å². The van der Waals surface area contributed by atoms with Crippen molar-refractivity contribution in [3.05, 3.63) is 70.4 Å². The van der Waals surface area contributed by atoms with Crippen molar-refractivity contribution in [3.63, 3.8) is 0 Å². The maximum Gasteiger partial charge on any atom is 0.411 e. The largest absolute Gasteiger partial charge is 0.449 e. The average Bonchev–Trinajstić information content (AvgIpc) is 3.09. The van der Waals surface area contributed by atoms with Crippen molar-refractivity contribution in [2.24, 2.45) is 7.05 Å². The second kappa shape index (κ2) is 8.80. The van der Waals surface area contributed by atoms with Gasteiger partial charge in [0.15, 0.2) is 0 Å². The van der Waals surface area contributed by atoms with Gasteiger partial charge in [0.25, 0.3) is 0 Å². The second-order valence-electron chi connectivity index (χ2n) is 6.45. The standard InChI is InChI=1S/C19H18F3N5O3/c1-26-12-15(11-23-26)27-7-5-17(28)16(25-27)10-13-3-2-4-14(9-13)24-18(29)30-8-6-19(20,21)22/h2-5,7,9,11-12H,6,8,10H2,1H3,(H,24,29). The molecule has 0 radical (unpaired) electrons. The van der Waals surface area contributed by atoms with E-state index >= 15 is 0 Å². The molecule has 1 amide bonds. The molecule has 158 valence electrons. The molecule has 0 saturated carbocycles. The van der Waals surface area contributed by atoms with Gasteiger partial charge >= 0.3 is 12.3 Å². The molecule has 3 aromatic rings. The molecule has 0 bridgehead atoms. The van der Waals surface area contributed by atoms with E-state index in [9.17, 15) is 22.8 Å². The van der Waals surface area contributed by atoms with E-state index in [-0.39, 0.29) is 17.5 Å². The number of hydrogen-bond acceptors (Lipinski definition) is 5. The molecule has 0 aliphatic rings. The van der Waals surface area contributed by atoms with E-state index in [2.05, 4.69) is 20.3 Å². The lowest BCUT2D eigenvalue weighted by Crippen LogP contribution is -2.18. The summed E-state index contributed by atoms with van der Waals surface area (Å²) in [5.74, 6) is 0. The summed E-state index contributed by atoms with van der Waals surface area (Å²) in [7, 11) is 1.76. The third-order valence-corrected chi connectivity index (χ3v) is 4.00. The van der Waals surface area contributed by atoms with E-state index in [0.717, 1.165) is 0 Å². The van der Waals surface area contributed by atoms with Crippen molar-refractivity contribution in [1.29, 1.82) is 0 Å². The molecule has 0 fully saturated rings. The van der Waals surface area contributed by atoms with E-state index in [0.29, 0.717) is 16.9 Å². The molecule has 0 unspecified atom stereocenters. The molecule has 0 spiro atoms. The molecular weight excluding hydrogens is 403 g/mol. The van der Waals surface area contributed by atoms with Gasteiger partial charge in [-0.05, 0) is 17.7 Å². The highest BCUT2D eigenvalue weighted by atomic mass is 19.4. The quantitative estimate of drug-likeness (QED) is 0.661. The molecule has 11 heteroatoms. The van der Waals surface area contributed by atoms with Crippen molar-refractivity contribution in [2.45, 2.75) is 19.0 Å². The maximum atomic E-state index is 12.2. The minimum absolute atomic E-state index is 0.193. The summed E-state index contributed by atoms with van der Waals surface area (Å²) in [5, 5.41) is 10.8. The Balaban J connectivity index is 1.68. The van der Waals surface area contributed by atoms with Gasteiger partial charge in [-0.1, -0.05) is 12.1 Å². The van der Waals surface area contributed by atoms with Gasteiger partial charge < -0.3 is 4.74 Å². The second-order valence-corrected chi connectivity index (χ2v) is 6.45. The van der Waals surface area contributed by atoms with E-state index in [1.807, 2.05) is 0 Å². The number of hydrogen-bond donors (Lipinski definition) is 1. The maximum absolute atomic E-state index is 12.2. The Labute approximate surface area is 168 Å². The number of benzene rings is 1. The average molecular weight is 421 g/mol. The van der Waals surface area contributed by atoms with Crippen molar-refractivity contribution >= 4 is 11.8 Å². The molecule has 30 heavy (non-hydrogen) atoms. The van der Waals surface area contributed by atoms with Gasteiger partial charge in [0.2, 0.25) is 5.43 Å². The molecule has 0 aliphatic carbocycles. The van der Waals surface area contributed by atoms with Crippen molar-refractivity contribution in [3.8, 4) is 5.69 Å². The normalized spacial score (nSPS) is 11.3. The monoisotopic (exact) mass is 421 g/mol. The van der Waals surface area contributed by atoms with Gasteiger partial charge in [-0.15, -0.1) is 0 Å². The lowest BCUT2D eigenvalue weighted by atomic mass is 10.1. The Morgan fingerprint density at radius 3 is 2.77 bits per heavy atom. The molecule has 0 atom stereocenters. The van der Waals surface area contributed by atoms with Crippen molar-refractivity contribution in [1.82, 2.24) is 19.6 Å². The van der Waals surface area contributed by atoms with Gasteiger partial charge in [-0.3, -0.25) is 14.8 Å². The van der Waals surface area contributed by atoms with Crippen LogP contribution in [0.15, 0.2) is 53.7 Å². The Morgan fingerprint density at radius 1 is 1.27 bits per heavy atom. The van der Waals surface area contributed by atoms with Crippen LogP contribution in [0.25, 0.3) is 5.69 Å². The number of carbonyl (C=O) groups is 1. The Bertz CT molecular complexity index is 1090. The first-order valence-corrected chi connectivity index (χ1v) is 8.87. The fourth-order valence-electron chi connectivity index (χ4n) is 2.61. The molecular formula is C19H18F3N5O3. The molecule has 8 nitrogen and oxygen atoms in total. The third-order valence-electron chi connectivity index (χ3n) is 4.00. The van der Waals surface area contributed by atoms with Crippen LogP contribution in [-0.2, 0) is 18.2 Å². The number of ether oxygens (including phenoxy) is 1. The first-order chi connectivity index (χ1) is 14.2. The number of aromatic nitrogens is 4. The fourth-order valence-corrected chi connectivity index (χ4v) is 2.61. The SMILES string of the molecule is Cn1cc(-n2ccc(=O)c(Cc3cccc(NC(=O)OCCC(F)(F)F)c3)n2)cn1. The van der Waals surface area contributed by atoms with E-state index in [1.54, 1.807) is 48.4 Å². The number of amides is 1. The van der Waals surface area contributed by atoms with Crippen LogP contribution in [0.4, 0.5) is 23.7 Å². The zero-order valence-corrected chi connectivity index (χ0v) is 15.9. The summed E-state index contributed by atoms with van der Waals surface area (Å²) in [5.41, 5.74) is 1.73. The number of alkyl halides is 3. The lowest BCUT2D eigenvalue weighted by molar-refractivity contribution is -0.140. The summed E-state index contributed by atoms with van der Waals surface area (Å²) in [6, 6.07) is 7.93. The first-order valence-electron chi connectivity index (χ1n) is 8.87. The van der Waals surface area contributed by atoms with E-state index in [4.69, 9.17) is 0 Å². The summed E-state index contributed by atoms with van der Waals surface area (Å²) in [6.45, 7) is -0.767. The molecule has 1 aromatic carbocycles. The summed E-state index contributed by atoms with van der Waals surface area (Å²) >= 11 is 0. The fraction of sp³-hybridized carbons (Fsp3) is 0.263. The van der Waals surface area contributed by atoms with Crippen molar-refractivity contribution < 1.29 is 22.7 Å². The molecule has 0 saturated heterocycles. The third kappa shape index (κ3) is 5.93.